The standard InChI is InChI=1S/C11H14FNS/c1-2-3-4-7-14-9-5-6-11(13)10(12)8-9/h2,5-6,8H,1,3-4,7,13H2. The van der Waals surface area contributed by atoms with Crippen LogP contribution in [0.15, 0.2) is 35.7 Å². The van der Waals surface area contributed by atoms with Gasteiger partial charge in [-0.15, -0.1) is 18.3 Å². The number of allylic oxidation sites excluding steroid dienone is 1. The van der Waals surface area contributed by atoms with E-state index in [0.717, 1.165) is 23.5 Å². The first-order valence-corrected chi connectivity index (χ1v) is 5.51. The molecule has 0 saturated carbocycles. The molecule has 1 rings (SSSR count). The van der Waals surface area contributed by atoms with E-state index in [4.69, 9.17) is 5.73 Å². The highest BCUT2D eigenvalue weighted by molar-refractivity contribution is 7.99. The van der Waals surface area contributed by atoms with Gasteiger partial charge in [0.15, 0.2) is 0 Å². The fraction of sp³-hybridized carbons (Fsp3) is 0.273. The van der Waals surface area contributed by atoms with E-state index in [1.165, 1.54) is 6.07 Å². The number of thioether (sulfide) groups is 1. The molecule has 0 fully saturated rings. The van der Waals surface area contributed by atoms with Gasteiger partial charge in [0.2, 0.25) is 0 Å². The van der Waals surface area contributed by atoms with Gasteiger partial charge in [-0.25, -0.2) is 4.39 Å². The van der Waals surface area contributed by atoms with Gasteiger partial charge in [-0.1, -0.05) is 6.08 Å². The van der Waals surface area contributed by atoms with E-state index in [0.29, 0.717) is 0 Å². The number of rotatable bonds is 5. The first-order chi connectivity index (χ1) is 6.74. The number of anilines is 1. The van der Waals surface area contributed by atoms with E-state index >= 15 is 0 Å². The summed E-state index contributed by atoms with van der Waals surface area (Å²) in [7, 11) is 0. The van der Waals surface area contributed by atoms with E-state index in [1.807, 2.05) is 12.1 Å². The van der Waals surface area contributed by atoms with E-state index in [-0.39, 0.29) is 11.5 Å². The second kappa shape index (κ2) is 5.70. The topological polar surface area (TPSA) is 26.0 Å². The minimum atomic E-state index is -0.335. The maximum absolute atomic E-state index is 13.0. The van der Waals surface area contributed by atoms with Gasteiger partial charge in [0.1, 0.15) is 5.82 Å². The maximum atomic E-state index is 13.0. The zero-order valence-electron chi connectivity index (χ0n) is 8.00. The first kappa shape index (κ1) is 11.1. The fourth-order valence-corrected chi connectivity index (χ4v) is 1.91. The average molecular weight is 211 g/mol. The summed E-state index contributed by atoms with van der Waals surface area (Å²) in [6.45, 7) is 3.65. The first-order valence-electron chi connectivity index (χ1n) is 4.52. The van der Waals surface area contributed by atoms with Crippen molar-refractivity contribution in [2.45, 2.75) is 17.7 Å². The van der Waals surface area contributed by atoms with Crippen LogP contribution in [0.2, 0.25) is 0 Å². The van der Waals surface area contributed by atoms with Crippen LogP contribution in [0.3, 0.4) is 0 Å². The SMILES string of the molecule is C=CCCCSc1ccc(N)c(F)c1. The van der Waals surface area contributed by atoms with Crippen molar-refractivity contribution in [1.29, 1.82) is 0 Å². The molecule has 0 spiro atoms. The normalized spacial score (nSPS) is 10.1. The molecule has 0 atom stereocenters. The van der Waals surface area contributed by atoms with E-state index in [9.17, 15) is 4.39 Å². The molecule has 0 saturated heterocycles. The average Bonchev–Trinajstić information content (AvgIpc) is 2.18. The molecule has 1 nitrogen and oxygen atoms in total. The fourth-order valence-electron chi connectivity index (χ4n) is 1.02. The molecule has 14 heavy (non-hydrogen) atoms. The highest BCUT2D eigenvalue weighted by Crippen LogP contribution is 2.22. The Morgan fingerprint density at radius 3 is 2.93 bits per heavy atom. The molecule has 0 amide bonds. The quantitative estimate of drug-likeness (QED) is 0.349. The van der Waals surface area contributed by atoms with E-state index < -0.39 is 0 Å². The lowest BCUT2D eigenvalue weighted by Gasteiger charge is -2.02. The van der Waals surface area contributed by atoms with Crippen LogP contribution in [0.5, 0.6) is 0 Å². The van der Waals surface area contributed by atoms with Crippen molar-refractivity contribution < 1.29 is 4.39 Å². The predicted molar refractivity (Wildman–Crippen MR) is 61.0 cm³/mol. The second-order valence-corrected chi connectivity index (χ2v) is 4.13. The number of hydrogen-bond donors (Lipinski definition) is 1. The van der Waals surface area contributed by atoms with Crippen molar-refractivity contribution in [2.24, 2.45) is 0 Å². The van der Waals surface area contributed by atoms with Gasteiger partial charge >= 0.3 is 0 Å². The molecule has 1 aromatic carbocycles. The smallest absolute Gasteiger partial charge is 0.147 e. The highest BCUT2D eigenvalue weighted by atomic mass is 32.2. The Morgan fingerprint density at radius 2 is 2.29 bits per heavy atom. The summed E-state index contributed by atoms with van der Waals surface area (Å²) < 4.78 is 13.0. The zero-order valence-corrected chi connectivity index (χ0v) is 8.82. The van der Waals surface area contributed by atoms with Crippen LogP contribution < -0.4 is 5.73 Å². The number of nitrogen functional groups attached to an aromatic ring is 1. The Morgan fingerprint density at radius 1 is 1.50 bits per heavy atom. The van der Waals surface area contributed by atoms with Crippen molar-refractivity contribution in [3.05, 3.63) is 36.7 Å². The van der Waals surface area contributed by atoms with Gasteiger partial charge in [0, 0.05) is 4.90 Å². The highest BCUT2D eigenvalue weighted by Gasteiger charge is 1.99. The second-order valence-electron chi connectivity index (χ2n) is 2.96. The molecule has 0 aliphatic rings. The van der Waals surface area contributed by atoms with Crippen molar-refractivity contribution >= 4 is 17.4 Å². The Balaban J connectivity index is 2.43. The van der Waals surface area contributed by atoms with Crippen LogP contribution in [0.4, 0.5) is 10.1 Å². The lowest BCUT2D eigenvalue weighted by atomic mass is 10.3. The third-order valence-corrected chi connectivity index (χ3v) is 2.87. The summed E-state index contributed by atoms with van der Waals surface area (Å²) in [6.07, 6.45) is 3.97. The Labute approximate surface area is 88.2 Å². The molecule has 1 aromatic rings. The molecule has 0 aromatic heterocycles. The Hall–Kier alpha value is -0.960. The number of halogens is 1. The molecule has 0 bridgehead atoms. The zero-order chi connectivity index (χ0) is 10.4. The number of benzene rings is 1. The molecule has 3 heteroatoms. The predicted octanol–water partition coefficient (Wildman–Crippen LogP) is 3.47. The lowest BCUT2D eigenvalue weighted by molar-refractivity contribution is 0.629. The van der Waals surface area contributed by atoms with Crippen molar-refractivity contribution in [2.75, 3.05) is 11.5 Å². The number of unbranched alkanes of at least 4 members (excludes halogenated alkanes) is 1. The maximum Gasteiger partial charge on any atom is 0.147 e. The molecule has 0 heterocycles. The molecule has 2 N–H and O–H groups in total. The van der Waals surface area contributed by atoms with Crippen LogP contribution in [-0.4, -0.2) is 5.75 Å². The Bertz CT molecular complexity index is 312. The summed E-state index contributed by atoms with van der Waals surface area (Å²) >= 11 is 1.64. The number of nitrogens with two attached hydrogens (primary N) is 1. The Kier molecular flexibility index (Phi) is 4.53. The third-order valence-electron chi connectivity index (χ3n) is 1.79. The van der Waals surface area contributed by atoms with Gasteiger partial charge in [0.25, 0.3) is 0 Å². The van der Waals surface area contributed by atoms with Crippen molar-refractivity contribution in [1.82, 2.24) is 0 Å². The molecular formula is C11H14FNS. The molecule has 0 unspecified atom stereocenters. The van der Waals surface area contributed by atoms with Gasteiger partial charge in [-0.05, 0) is 36.8 Å². The summed E-state index contributed by atoms with van der Waals surface area (Å²) in [6, 6.07) is 4.93. The molecule has 76 valence electrons. The van der Waals surface area contributed by atoms with Crippen LogP contribution in [0.1, 0.15) is 12.8 Å². The lowest BCUT2D eigenvalue weighted by Crippen LogP contribution is -1.90. The van der Waals surface area contributed by atoms with Gasteiger partial charge < -0.3 is 5.73 Å². The molecule has 0 aliphatic carbocycles. The van der Waals surface area contributed by atoms with Gasteiger partial charge in [-0.2, -0.15) is 0 Å². The van der Waals surface area contributed by atoms with Gasteiger partial charge in [0.05, 0.1) is 5.69 Å². The van der Waals surface area contributed by atoms with Gasteiger partial charge in [-0.3, -0.25) is 0 Å². The molecular weight excluding hydrogens is 197 g/mol. The minimum absolute atomic E-state index is 0.209. The third kappa shape index (κ3) is 3.42. The van der Waals surface area contributed by atoms with Crippen LogP contribution in [0.25, 0.3) is 0 Å². The van der Waals surface area contributed by atoms with Crippen LogP contribution in [0, 0.1) is 5.82 Å². The summed E-state index contributed by atoms with van der Waals surface area (Å²) in [5, 5.41) is 0. The molecule has 0 radical (unpaired) electrons. The largest absolute Gasteiger partial charge is 0.396 e. The van der Waals surface area contributed by atoms with Crippen molar-refractivity contribution in [3.63, 3.8) is 0 Å². The van der Waals surface area contributed by atoms with Crippen LogP contribution >= 0.6 is 11.8 Å². The van der Waals surface area contributed by atoms with E-state index in [2.05, 4.69) is 6.58 Å². The van der Waals surface area contributed by atoms with Crippen LogP contribution in [-0.2, 0) is 0 Å². The van der Waals surface area contributed by atoms with Crippen molar-refractivity contribution in [3.8, 4) is 0 Å². The molecule has 0 aliphatic heterocycles. The summed E-state index contributed by atoms with van der Waals surface area (Å²) in [5.41, 5.74) is 5.58. The summed E-state index contributed by atoms with van der Waals surface area (Å²) in [5.74, 6) is 0.647. The minimum Gasteiger partial charge on any atom is -0.396 e. The van der Waals surface area contributed by atoms with E-state index in [1.54, 1.807) is 17.8 Å². The summed E-state index contributed by atoms with van der Waals surface area (Å²) in [4.78, 5) is 0.931. The monoisotopic (exact) mass is 211 g/mol. The number of hydrogen-bond acceptors (Lipinski definition) is 2.